The van der Waals surface area contributed by atoms with E-state index in [0.29, 0.717) is 58.9 Å². The molecule has 0 fully saturated rings. The quantitative estimate of drug-likeness (QED) is 0.394. The maximum absolute atomic E-state index is 5.72. The minimum absolute atomic E-state index is 0.334. The maximum atomic E-state index is 5.72. The molecule has 0 rings (SSSR count). The van der Waals surface area contributed by atoms with Crippen LogP contribution in [0.2, 0.25) is 0 Å². The van der Waals surface area contributed by atoms with E-state index in [1.807, 2.05) is 0 Å². The molecule has 0 aromatic heterocycles. The van der Waals surface area contributed by atoms with Gasteiger partial charge in [-0.1, -0.05) is 39.0 Å². The molecule has 5 heteroatoms. The lowest BCUT2D eigenvalue weighted by molar-refractivity contribution is -0.0163. The van der Waals surface area contributed by atoms with Crippen molar-refractivity contribution in [3.8, 4) is 0 Å². The maximum Gasteiger partial charge on any atom is 0.0704 e. The molecule has 1 atom stereocenters. The summed E-state index contributed by atoms with van der Waals surface area (Å²) < 4.78 is 21.7. The minimum atomic E-state index is 0.334. The van der Waals surface area contributed by atoms with Gasteiger partial charge in [0, 0.05) is 6.54 Å². The zero-order valence-corrected chi connectivity index (χ0v) is 14.7. The Bertz CT molecular complexity index is 205. The van der Waals surface area contributed by atoms with E-state index in [2.05, 4.69) is 13.8 Å². The highest BCUT2D eigenvalue weighted by Crippen LogP contribution is 2.08. The normalized spacial score (nSPS) is 12.7. The van der Waals surface area contributed by atoms with Crippen molar-refractivity contribution in [2.75, 3.05) is 52.8 Å². The SMILES string of the molecule is CCCCCCCC(C)OCCOCCOCCOCCN. The molecule has 0 aliphatic rings. The standard InChI is InChI=1S/C17H37NO4/c1-3-4-5-6-7-8-17(2)22-16-15-21-14-13-20-12-11-19-10-9-18/h17H,3-16,18H2,1-2H3. The van der Waals surface area contributed by atoms with Crippen LogP contribution in [0.1, 0.15) is 52.4 Å². The molecule has 22 heavy (non-hydrogen) atoms. The van der Waals surface area contributed by atoms with Crippen molar-refractivity contribution >= 4 is 0 Å². The van der Waals surface area contributed by atoms with Gasteiger partial charge in [-0.05, 0) is 13.3 Å². The van der Waals surface area contributed by atoms with Crippen LogP contribution in [0.25, 0.3) is 0 Å². The highest BCUT2D eigenvalue weighted by Gasteiger charge is 2.01. The van der Waals surface area contributed by atoms with Gasteiger partial charge in [0.15, 0.2) is 0 Å². The van der Waals surface area contributed by atoms with Crippen molar-refractivity contribution in [2.24, 2.45) is 5.73 Å². The fourth-order valence-corrected chi connectivity index (χ4v) is 2.05. The Morgan fingerprint density at radius 2 is 1.27 bits per heavy atom. The average Bonchev–Trinajstić information content (AvgIpc) is 2.52. The fourth-order valence-electron chi connectivity index (χ4n) is 2.05. The van der Waals surface area contributed by atoms with Crippen molar-refractivity contribution < 1.29 is 18.9 Å². The molecule has 134 valence electrons. The zero-order valence-electron chi connectivity index (χ0n) is 14.7. The molecule has 0 heterocycles. The molecule has 0 aromatic rings. The van der Waals surface area contributed by atoms with Crippen LogP contribution in [0.4, 0.5) is 0 Å². The third-order valence-corrected chi connectivity index (χ3v) is 3.35. The van der Waals surface area contributed by atoms with E-state index < -0.39 is 0 Å². The molecule has 0 aromatic carbocycles. The predicted molar refractivity (Wildman–Crippen MR) is 90.3 cm³/mol. The molecule has 0 saturated heterocycles. The zero-order chi connectivity index (χ0) is 16.3. The van der Waals surface area contributed by atoms with Crippen molar-refractivity contribution in [1.29, 1.82) is 0 Å². The van der Waals surface area contributed by atoms with Gasteiger partial charge in [0.05, 0.1) is 52.4 Å². The highest BCUT2D eigenvalue weighted by molar-refractivity contribution is 4.52. The van der Waals surface area contributed by atoms with Gasteiger partial charge < -0.3 is 24.7 Å². The number of hydrogen-bond donors (Lipinski definition) is 1. The molecular weight excluding hydrogens is 282 g/mol. The van der Waals surface area contributed by atoms with Crippen molar-refractivity contribution in [2.45, 2.75) is 58.5 Å². The Morgan fingerprint density at radius 3 is 1.86 bits per heavy atom. The first-order valence-electron chi connectivity index (χ1n) is 8.86. The molecule has 0 aliphatic heterocycles. The van der Waals surface area contributed by atoms with Crippen molar-refractivity contribution in [3.05, 3.63) is 0 Å². The third-order valence-electron chi connectivity index (χ3n) is 3.35. The molecule has 5 nitrogen and oxygen atoms in total. The summed E-state index contributed by atoms with van der Waals surface area (Å²) in [7, 11) is 0. The molecule has 0 amide bonds. The van der Waals surface area contributed by atoms with Crippen LogP contribution in [0, 0.1) is 0 Å². The van der Waals surface area contributed by atoms with E-state index in [1.54, 1.807) is 0 Å². The first kappa shape index (κ1) is 21.8. The van der Waals surface area contributed by atoms with Gasteiger partial charge in [-0.3, -0.25) is 0 Å². The van der Waals surface area contributed by atoms with Crippen LogP contribution in [-0.2, 0) is 18.9 Å². The van der Waals surface area contributed by atoms with E-state index in [1.165, 1.54) is 32.1 Å². The Morgan fingerprint density at radius 1 is 0.727 bits per heavy atom. The van der Waals surface area contributed by atoms with Gasteiger partial charge in [-0.15, -0.1) is 0 Å². The number of ether oxygens (including phenoxy) is 4. The number of nitrogens with two attached hydrogens (primary N) is 1. The Balaban J connectivity index is 3.09. The predicted octanol–water partition coefficient (Wildman–Crippen LogP) is 2.76. The molecule has 2 N–H and O–H groups in total. The number of hydrogen-bond acceptors (Lipinski definition) is 5. The van der Waals surface area contributed by atoms with E-state index in [9.17, 15) is 0 Å². The fraction of sp³-hybridized carbons (Fsp3) is 1.00. The summed E-state index contributed by atoms with van der Waals surface area (Å²) in [6.45, 7) is 9.21. The van der Waals surface area contributed by atoms with E-state index in [0.717, 1.165) is 6.42 Å². The van der Waals surface area contributed by atoms with Gasteiger partial charge >= 0.3 is 0 Å². The van der Waals surface area contributed by atoms with Crippen molar-refractivity contribution in [1.82, 2.24) is 0 Å². The Hall–Kier alpha value is -0.200. The summed E-state index contributed by atoms with van der Waals surface area (Å²) in [6, 6.07) is 0. The molecule has 0 spiro atoms. The van der Waals surface area contributed by atoms with Crippen LogP contribution >= 0.6 is 0 Å². The van der Waals surface area contributed by atoms with Crippen LogP contribution in [-0.4, -0.2) is 58.9 Å². The Labute approximate surface area is 136 Å². The van der Waals surface area contributed by atoms with E-state index >= 15 is 0 Å². The highest BCUT2D eigenvalue weighted by atomic mass is 16.6. The molecule has 0 aliphatic carbocycles. The lowest BCUT2D eigenvalue weighted by atomic mass is 10.1. The second kappa shape index (κ2) is 18.8. The summed E-state index contributed by atoms with van der Waals surface area (Å²) in [6.07, 6.45) is 8.07. The van der Waals surface area contributed by atoms with Gasteiger partial charge in [-0.2, -0.15) is 0 Å². The lowest BCUT2D eigenvalue weighted by Gasteiger charge is -2.13. The summed E-state index contributed by atoms with van der Waals surface area (Å²) >= 11 is 0. The van der Waals surface area contributed by atoms with Crippen LogP contribution < -0.4 is 5.73 Å². The van der Waals surface area contributed by atoms with Crippen LogP contribution in [0.3, 0.4) is 0 Å². The monoisotopic (exact) mass is 319 g/mol. The average molecular weight is 319 g/mol. The van der Waals surface area contributed by atoms with Crippen LogP contribution in [0.5, 0.6) is 0 Å². The van der Waals surface area contributed by atoms with Gasteiger partial charge in [-0.25, -0.2) is 0 Å². The number of unbranched alkanes of at least 4 members (excludes halogenated alkanes) is 4. The molecule has 1 unspecified atom stereocenters. The second-order valence-corrected chi connectivity index (χ2v) is 5.51. The van der Waals surface area contributed by atoms with Gasteiger partial charge in [0.1, 0.15) is 0 Å². The summed E-state index contributed by atoms with van der Waals surface area (Å²) in [5, 5.41) is 0. The molecule has 0 saturated carbocycles. The molecule has 0 bridgehead atoms. The first-order chi connectivity index (χ1) is 10.8. The van der Waals surface area contributed by atoms with Crippen molar-refractivity contribution in [3.63, 3.8) is 0 Å². The van der Waals surface area contributed by atoms with Gasteiger partial charge in [0.2, 0.25) is 0 Å². The third kappa shape index (κ3) is 17.9. The topological polar surface area (TPSA) is 62.9 Å². The molecule has 0 radical (unpaired) electrons. The minimum Gasteiger partial charge on any atom is -0.378 e. The van der Waals surface area contributed by atoms with E-state index in [-0.39, 0.29) is 0 Å². The smallest absolute Gasteiger partial charge is 0.0704 e. The largest absolute Gasteiger partial charge is 0.378 e. The molecular formula is C17H37NO4. The lowest BCUT2D eigenvalue weighted by Crippen LogP contribution is -2.16. The summed E-state index contributed by atoms with van der Waals surface area (Å²) in [5.74, 6) is 0. The van der Waals surface area contributed by atoms with E-state index in [4.69, 9.17) is 24.7 Å². The summed E-state index contributed by atoms with van der Waals surface area (Å²) in [5.41, 5.74) is 5.31. The van der Waals surface area contributed by atoms with Crippen LogP contribution in [0.15, 0.2) is 0 Å². The Kier molecular flexibility index (Phi) is 18.7. The van der Waals surface area contributed by atoms with Gasteiger partial charge in [0.25, 0.3) is 0 Å². The first-order valence-corrected chi connectivity index (χ1v) is 8.86. The summed E-state index contributed by atoms with van der Waals surface area (Å²) in [4.78, 5) is 0. The second-order valence-electron chi connectivity index (χ2n) is 5.51. The number of rotatable bonds is 18.